The summed E-state index contributed by atoms with van der Waals surface area (Å²) in [6.45, 7) is 3.88. The largest absolute Gasteiger partial charge is 0.389 e. The molecule has 0 aliphatic rings. The van der Waals surface area contributed by atoms with Gasteiger partial charge in [0.15, 0.2) is 0 Å². The second-order valence-electron chi connectivity index (χ2n) is 2.97. The van der Waals surface area contributed by atoms with Crippen LogP contribution in [0.15, 0.2) is 12.4 Å². The van der Waals surface area contributed by atoms with Crippen LogP contribution in [0.3, 0.4) is 0 Å². The van der Waals surface area contributed by atoms with Gasteiger partial charge in [0, 0.05) is 6.20 Å². The van der Waals surface area contributed by atoms with Crippen LogP contribution in [0.4, 0.5) is 0 Å². The first-order chi connectivity index (χ1) is 5.41. The van der Waals surface area contributed by atoms with Crippen molar-refractivity contribution in [2.75, 3.05) is 0 Å². The molecule has 0 spiro atoms. The monoisotopic (exact) mass is 172 g/mol. The van der Waals surface area contributed by atoms with Crippen LogP contribution in [0.25, 0.3) is 0 Å². The van der Waals surface area contributed by atoms with Gasteiger partial charge < -0.3 is 15.3 Å². The summed E-state index contributed by atoms with van der Waals surface area (Å²) in [4.78, 5) is 0. The van der Waals surface area contributed by atoms with Crippen LogP contribution in [0, 0.1) is 0 Å². The highest BCUT2D eigenvalue weighted by atomic mass is 16.7. The molecule has 1 rings (SSSR count). The molecule has 0 radical (unpaired) electrons. The Morgan fingerprint density at radius 1 is 1.42 bits per heavy atom. The summed E-state index contributed by atoms with van der Waals surface area (Å²) < 4.78 is 0.683. The molecule has 5 heteroatoms. The minimum Gasteiger partial charge on any atom is -0.324 e. The highest BCUT2D eigenvalue weighted by Gasteiger charge is 2.22. The van der Waals surface area contributed by atoms with Crippen LogP contribution in [-0.2, 0) is 6.10 Å². The molecule has 0 amide bonds. The minimum absolute atomic E-state index is 0.237. The smallest absolute Gasteiger partial charge is 0.324 e. The number of nitrogens with zero attached hydrogens (tertiary/aromatic N) is 2. The first-order valence-corrected chi connectivity index (χ1v) is 3.63. The van der Waals surface area contributed by atoms with Crippen LogP contribution in [-0.4, -0.2) is 25.1 Å². The first kappa shape index (κ1) is 9.18. The Hall–Kier alpha value is -0.910. The molecule has 0 aliphatic carbocycles. The Balaban J connectivity index is 2.92. The molecule has 0 aliphatic heterocycles. The Bertz CT molecular complexity index is 262. The van der Waals surface area contributed by atoms with Gasteiger partial charge in [-0.1, -0.05) is 13.8 Å². The van der Waals surface area contributed by atoms with E-state index in [0.29, 0.717) is 4.68 Å². The van der Waals surface area contributed by atoms with Crippen molar-refractivity contribution in [3.05, 3.63) is 18.0 Å². The molecular weight excluding hydrogens is 160 g/mol. The number of aliphatic hydroxyl groups is 3. The molecule has 0 bridgehead atoms. The van der Waals surface area contributed by atoms with Gasteiger partial charge in [-0.3, -0.25) is 0 Å². The molecule has 0 aromatic carbocycles. The molecule has 0 fully saturated rings. The maximum absolute atomic E-state index is 8.70. The predicted octanol–water partition coefficient (Wildman–Crippen LogP) is -0.449. The summed E-state index contributed by atoms with van der Waals surface area (Å²) in [5.74, 6) is 0.237. The van der Waals surface area contributed by atoms with Crippen molar-refractivity contribution in [1.29, 1.82) is 0 Å². The van der Waals surface area contributed by atoms with Crippen molar-refractivity contribution in [3.8, 4) is 0 Å². The topological polar surface area (TPSA) is 78.5 Å². The number of aromatic nitrogens is 2. The fraction of sp³-hybridized carbons (Fsp3) is 0.571. The Morgan fingerprint density at radius 2 is 2.00 bits per heavy atom. The quantitative estimate of drug-likeness (QED) is 0.528. The van der Waals surface area contributed by atoms with Gasteiger partial charge >= 0.3 is 6.10 Å². The lowest BCUT2D eigenvalue weighted by atomic mass is 10.1. The van der Waals surface area contributed by atoms with Gasteiger partial charge in [0.2, 0.25) is 0 Å². The number of hydrogen-bond donors (Lipinski definition) is 3. The Morgan fingerprint density at radius 3 is 2.25 bits per heavy atom. The van der Waals surface area contributed by atoms with Crippen molar-refractivity contribution in [3.63, 3.8) is 0 Å². The van der Waals surface area contributed by atoms with Gasteiger partial charge in [0.1, 0.15) is 0 Å². The van der Waals surface area contributed by atoms with E-state index in [4.69, 9.17) is 15.3 Å². The van der Waals surface area contributed by atoms with Crippen LogP contribution < -0.4 is 0 Å². The molecule has 1 aromatic rings. The van der Waals surface area contributed by atoms with Crippen LogP contribution in [0.2, 0.25) is 0 Å². The lowest BCUT2D eigenvalue weighted by molar-refractivity contribution is -0.380. The lowest BCUT2D eigenvalue weighted by Crippen LogP contribution is -2.32. The summed E-state index contributed by atoms with van der Waals surface area (Å²) in [5.41, 5.74) is 0.830. The summed E-state index contributed by atoms with van der Waals surface area (Å²) in [6, 6.07) is 0. The van der Waals surface area contributed by atoms with E-state index in [-0.39, 0.29) is 5.92 Å². The third-order valence-electron chi connectivity index (χ3n) is 1.58. The maximum Gasteiger partial charge on any atom is 0.389 e. The standard InChI is InChI=1S/C7H12N2O3/c1-5(2)6-3-8-9(4-6)7(10,11)12/h3-5,10-12H,1-2H3. The molecular formula is C7H12N2O3. The lowest BCUT2D eigenvalue weighted by Gasteiger charge is -2.12. The highest BCUT2D eigenvalue weighted by molar-refractivity contribution is 5.08. The minimum atomic E-state index is -2.90. The first-order valence-electron chi connectivity index (χ1n) is 3.63. The van der Waals surface area contributed by atoms with E-state index >= 15 is 0 Å². The van der Waals surface area contributed by atoms with E-state index in [1.54, 1.807) is 0 Å². The zero-order valence-electron chi connectivity index (χ0n) is 6.97. The van der Waals surface area contributed by atoms with Crippen LogP contribution >= 0.6 is 0 Å². The molecule has 0 atom stereocenters. The van der Waals surface area contributed by atoms with E-state index < -0.39 is 6.10 Å². The van der Waals surface area contributed by atoms with Gasteiger partial charge in [-0.15, -0.1) is 0 Å². The normalized spacial score (nSPS) is 12.5. The molecule has 5 nitrogen and oxygen atoms in total. The van der Waals surface area contributed by atoms with Crippen LogP contribution in [0.5, 0.6) is 0 Å². The van der Waals surface area contributed by atoms with Gasteiger partial charge in [-0.05, 0) is 11.5 Å². The summed E-state index contributed by atoms with van der Waals surface area (Å²) in [5, 5.41) is 29.7. The molecule has 0 saturated heterocycles. The van der Waals surface area contributed by atoms with Gasteiger partial charge in [0.25, 0.3) is 0 Å². The van der Waals surface area contributed by atoms with E-state index in [9.17, 15) is 0 Å². The predicted molar refractivity (Wildman–Crippen MR) is 40.9 cm³/mol. The third kappa shape index (κ3) is 1.82. The van der Waals surface area contributed by atoms with E-state index in [1.165, 1.54) is 12.4 Å². The Labute approximate surface area is 69.9 Å². The van der Waals surface area contributed by atoms with Crippen molar-refractivity contribution >= 4 is 0 Å². The average Bonchev–Trinajstić information content (AvgIpc) is 2.30. The van der Waals surface area contributed by atoms with Crippen molar-refractivity contribution in [2.45, 2.75) is 25.9 Å². The fourth-order valence-corrected chi connectivity index (χ4v) is 0.799. The van der Waals surface area contributed by atoms with Crippen molar-refractivity contribution < 1.29 is 15.3 Å². The molecule has 3 N–H and O–H groups in total. The van der Waals surface area contributed by atoms with Gasteiger partial charge in [-0.25, -0.2) is 0 Å². The summed E-state index contributed by atoms with van der Waals surface area (Å²) in [6.07, 6.45) is -0.0418. The summed E-state index contributed by atoms with van der Waals surface area (Å²) in [7, 11) is 0. The molecule has 68 valence electrons. The molecule has 1 aromatic heterocycles. The maximum atomic E-state index is 8.70. The summed E-state index contributed by atoms with van der Waals surface area (Å²) >= 11 is 0. The average molecular weight is 172 g/mol. The van der Waals surface area contributed by atoms with E-state index in [0.717, 1.165) is 5.56 Å². The second-order valence-corrected chi connectivity index (χ2v) is 2.97. The molecule has 12 heavy (non-hydrogen) atoms. The van der Waals surface area contributed by atoms with E-state index in [1.807, 2.05) is 13.8 Å². The van der Waals surface area contributed by atoms with E-state index in [2.05, 4.69) is 5.10 Å². The van der Waals surface area contributed by atoms with Crippen molar-refractivity contribution in [1.82, 2.24) is 9.78 Å². The highest BCUT2D eigenvalue weighted by Crippen LogP contribution is 2.14. The molecule has 0 unspecified atom stereocenters. The number of hydrogen-bond acceptors (Lipinski definition) is 4. The number of rotatable bonds is 2. The van der Waals surface area contributed by atoms with Crippen molar-refractivity contribution in [2.24, 2.45) is 0 Å². The molecule has 1 heterocycles. The fourth-order valence-electron chi connectivity index (χ4n) is 0.799. The second kappa shape index (κ2) is 2.85. The van der Waals surface area contributed by atoms with Crippen LogP contribution in [0.1, 0.15) is 25.3 Å². The Kier molecular flexibility index (Phi) is 2.18. The van der Waals surface area contributed by atoms with Gasteiger partial charge in [0.05, 0.1) is 6.20 Å². The zero-order chi connectivity index (χ0) is 9.35. The SMILES string of the molecule is CC(C)c1cnn(C(O)(O)O)c1. The third-order valence-corrected chi connectivity index (χ3v) is 1.58. The zero-order valence-corrected chi connectivity index (χ0v) is 6.97. The van der Waals surface area contributed by atoms with Gasteiger partial charge in [-0.2, -0.15) is 9.78 Å². The molecule has 0 saturated carbocycles.